The van der Waals surface area contributed by atoms with Crippen LogP contribution in [0.15, 0.2) is 18.6 Å². The SMILES string of the molecule is Cc1nnc2n1-c1cnc(-n3cc[n+](C)c3C)nc1N(C1CCCC1)C2. The number of hydrogen-bond acceptors (Lipinski definition) is 5. The van der Waals surface area contributed by atoms with E-state index in [-0.39, 0.29) is 0 Å². The second-order valence-electron chi connectivity index (χ2n) is 7.27. The fraction of sp³-hybridized carbons (Fsp3) is 0.500. The lowest BCUT2D eigenvalue weighted by molar-refractivity contribution is -0.677. The van der Waals surface area contributed by atoms with E-state index < -0.39 is 0 Å². The molecule has 5 rings (SSSR count). The predicted octanol–water partition coefficient (Wildman–Crippen LogP) is 1.55. The van der Waals surface area contributed by atoms with E-state index in [1.807, 2.05) is 37.1 Å². The molecule has 0 radical (unpaired) electrons. The van der Waals surface area contributed by atoms with Crippen molar-refractivity contribution >= 4 is 5.82 Å². The minimum absolute atomic E-state index is 0.518. The minimum atomic E-state index is 0.518. The maximum Gasteiger partial charge on any atom is 0.327 e. The van der Waals surface area contributed by atoms with E-state index in [9.17, 15) is 0 Å². The molecule has 1 aliphatic carbocycles. The molecule has 0 aromatic carbocycles. The van der Waals surface area contributed by atoms with E-state index in [4.69, 9.17) is 4.98 Å². The van der Waals surface area contributed by atoms with Gasteiger partial charge in [0.1, 0.15) is 23.9 Å². The molecule has 1 saturated carbocycles. The van der Waals surface area contributed by atoms with Crippen LogP contribution in [0, 0.1) is 13.8 Å². The van der Waals surface area contributed by atoms with E-state index in [0.717, 1.165) is 35.5 Å². The maximum absolute atomic E-state index is 4.99. The molecule has 8 nitrogen and oxygen atoms in total. The molecule has 0 spiro atoms. The van der Waals surface area contributed by atoms with Gasteiger partial charge in [0, 0.05) is 13.0 Å². The summed E-state index contributed by atoms with van der Waals surface area (Å²) in [4.78, 5) is 12.1. The van der Waals surface area contributed by atoms with Gasteiger partial charge >= 0.3 is 5.95 Å². The molecule has 1 fully saturated rings. The first-order valence-electron chi connectivity index (χ1n) is 9.22. The molecule has 0 unspecified atom stereocenters. The van der Waals surface area contributed by atoms with Crippen LogP contribution in [-0.2, 0) is 13.6 Å². The molecule has 134 valence electrons. The lowest BCUT2D eigenvalue weighted by Crippen LogP contribution is -2.38. The first-order valence-corrected chi connectivity index (χ1v) is 9.22. The van der Waals surface area contributed by atoms with Gasteiger partial charge in [-0.2, -0.15) is 14.5 Å². The van der Waals surface area contributed by atoms with Crippen molar-refractivity contribution in [1.29, 1.82) is 0 Å². The lowest BCUT2D eigenvalue weighted by atomic mass is 10.1. The van der Waals surface area contributed by atoms with E-state index in [1.54, 1.807) is 0 Å². The molecular weight excluding hydrogens is 328 g/mol. The first-order chi connectivity index (χ1) is 12.6. The van der Waals surface area contributed by atoms with Gasteiger partial charge in [-0.05, 0) is 19.8 Å². The summed E-state index contributed by atoms with van der Waals surface area (Å²) >= 11 is 0. The Hall–Kier alpha value is -2.77. The van der Waals surface area contributed by atoms with E-state index >= 15 is 0 Å². The number of fused-ring (bicyclic) bond motifs is 3. The van der Waals surface area contributed by atoms with Crippen molar-refractivity contribution in [1.82, 2.24) is 29.3 Å². The van der Waals surface area contributed by atoms with Crippen LogP contribution in [0.5, 0.6) is 0 Å². The molecule has 4 heterocycles. The van der Waals surface area contributed by atoms with Gasteiger partial charge in [-0.1, -0.05) is 12.8 Å². The Morgan fingerprint density at radius 2 is 1.96 bits per heavy atom. The number of rotatable bonds is 2. The van der Waals surface area contributed by atoms with Crippen LogP contribution in [0.1, 0.15) is 43.2 Å². The van der Waals surface area contributed by atoms with Crippen LogP contribution in [0.3, 0.4) is 0 Å². The van der Waals surface area contributed by atoms with Crippen LogP contribution >= 0.6 is 0 Å². The molecule has 1 aliphatic heterocycles. The van der Waals surface area contributed by atoms with Crippen molar-refractivity contribution < 1.29 is 4.57 Å². The summed E-state index contributed by atoms with van der Waals surface area (Å²) in [7, 11) is 2.03. The molecular formula is C18H23N8+. The summed E-state index contributed by atoms with van der Waals surface area (Å²) in [5, 5.41) is 8.66. The molecule has 0 bridgehead atoms. The van der Waals surface area contributed by atoms with Gasteiger partial charge in [-0.15, -0.1) is 10.2 Å². The third-order valence-corrected chi connectivity index (χ3v) is 5.73. The van der Waals surface area contributed by atoms with Crippen molar-refractivity contribution in [2.24, 2.45) is 7.05 Å². The molecule has 0 saturated heterocycles. The van der Waals surface area contributed by atoms with Crippen LogP contribution in [0.2, 0.25) is 0 Å². The van der Waals surface area contributed by atoms with Crippen LogP contribution in [0.4, 0.5) is 5.82 Å². The topological polar surface area (TPSA) is 68.5 Å². The number of hydrogen-bond donors (Lipinski definition) is 0. The van der Waals surface area contributed by atoms with Gasteiger partial charge in [-0.3, -0.25) is 4.57 Å². The highest BCUT2D eigenvalue weighted by Crippen LogP contribution is 2.36. The molecule has 26 heavy (non-hydrogen) atoms. The Kier molecular flexibility index (Phi) is 3.35. The van der Waals surface area contributed by atoms with Gasteiger partial charge < -0.3 is 4.90 Å². The van der Waals surface area contributed by atoms with Crippen molar-refractivity contribution in [3.8, 4) is 11.6 Å². The third-order valence-electron chi connectivity index (χ3n) is 5.73. The van der Waals surface area contributed by atoms with Crippen molar-refractivity contribution in [2.75, 3.05) is 4.90 Å². The monoisotopic (exact) mass is 351 g/mol. The summed E-state index contributed by atoms with van der Waals surface area (Å²) in [5.74, 6) is 4.65. The van der Waals surface area contributed by atoms with Crippen molar-refractivity contribution in [3.05, 3.63) is 36.1 Å². The number of aryl methyl sites for hydroxylation is 2. The second kappa shape index (κ2) is 5.62. The average Bonchev–Trinajstić information content (AvgIpc) is 3.37. The molecule has 0 N–H and O–H groups in total. The van der Waals surface area contributed by atoms with E-state index in [1.165, 1.54) is 25.7 Å². The van der Waals surface area contributed by atoms with Crippen molar-refractivity contribution in [2.45, 2.75) is 52.1 Å². The molecule has 0 amide bonds. The lowest BCUT2D eigenvalue weighted by Gasteiger charge is -2.34. The van der Waals surface area contributed by atoms with Gasteiger partial charge in [0.2, 0.25) is 0 Å². The summed E-state index contributed by atoms with van der Waals surface area (Å²) in [5.41, 5.74) is 0.985. The maximum atomic E-state index is 4.99. The fourth-order valence-electron chi connectivity index (χ4n) is 4.17. The molecule has 0 atom stereocenters. The van der Waals surface area contributed by atoms with Crippen LogP contribution < -0.4 is 9.47 Å². The Morgan fingerprint density at radius 1 is 1.15 bits per heavy atom. The summed E-state index contributed by atoms with van der Waals surface area (Å²) in [6.45, 7) is 4.81. The quantitative estimate of drug-likeness (QED) is 0.655. The highest BCUT2D eigenvalue weighted by Gasteiger charge is 2.33. The van der Waals surface area contributed by atoms with Gasteiger partial charge in [0.25, 0.3) is 5.82 Å². The van der Waals surface area contributed by atoms with Crippen LogP contribution in [-0.4, -0.2) is 35.3 Å². The summed E-state index contributed by atoms with van der Waals surface area (Å²) < 4.78 is 6.19. The van der Waals surface area contributed by atoms with Crippen molar-refractivity contribution in [3.63, 3.8) is 0 Å². The van der Waals surface area contributed by atoms with Gasteiger partial charge in [0.05, 0.1) is 19.8 Å². The normalized spacial score (nSPS) is 16.8. The zero-order chi connectivity index (χ0) is 17.8. The average molecular weight is 351 g/mol. The standard InChI is InChI=1S/C18H23N8/c1-12-21-22-16-11-25(14-6-4-5-7-14)17-15(26(12)16)10-19-18(20-17)24-9-8-23(3)13(24)2/h8-10,14H,4-7,11H2,1-3H3/q+1. The predicted molar refractivity (Wildman–Crippen MR) is 95.4 cm³/mol. The van der Waals surface area contributed by atoms with E-state index in [0.29, 0.717) is 12.0 Å². The highest BCUT2D eigenvalue weighted by atomic mass is 15.4. The number of nitrogens with zero attached hydrogens (tertiary/aromatic N) is 8. The zero-order valence-corrected chi connectivity index (χ0v) is 15.4. The first kappa shape index (κ1) is 15.5. The number of aromatic nitrogens is 7. The molecule has 8 heteroatoms. The Labute approximate surface area is 152 Å². The molecule has 2 aliphatic rings. The van der Waals surface area contributed by atoms with Gasteiger partial charge in [0.15, 0.2) is 11.6 Å². The minimum Gasteiger partial charge on any atom is -0.344 e. The third kappa shape index (κ3) is 2.17. The van der Waals surface area contributed by atoms with Gasteiger partial charge in [-0.25, -0.2) is 4.57 Å². The van der Waals surface area contributed by atoms with E-state index in [2.05, 4.69) is 36.1 Å². The Bertz CT molecular complexity index is 979. The fourth-order valence-corrected chi connectivity index (χ4v) is 4.17. The second-order valence-corrected chi connectivity index (χ2v) is 7.27. The summed E-state index contributed by atoms with van der Waals surface area (Å²) in [6.07, 6.45) is 10.9. The Balaban J connectivity index is 1.68. The largest absolute Gasteiger partial charge is 0.344 e. The molecule has 3 aromatic rings. The highest BCUT2D eigenvalue weighted by molar-refractivity contribution is 5.61. The number of anilines is 1. The van der Waals surface area contributed by atoms with Crippen LogP contribution in [0.25, 0.3) is 11.6 Å². The molecule has 3 aromatic heterocycles. The zero-order valence-electron chi connectivity index (χ0n) is 15.4. The number of imidazole rings is 1. The summed E-state index contributed by atoms with van der Waals surface area (Å²) in [6, 6.07) is 0.518. The smallest absolute Gasteiger partial charge is 0.327 e. The Morgan fingerprint density at radius 3 is 2.69 bits per heavy atom.